The molecule has 0 aliphatic heterocycles. The first kappa shape index (κ1) is 14.0. The molecule has 1 aromatic carbocycles. The number of thiophene rings is 1. The van der Waals surface area contributed by atoms with Gasteiger partial charge in [0.15, 0.2) is 0 Å². The molecule has 3 rings (SSSR count). The maximum Gasteiger partial charge on any atom is 0.303 e. The second-order valence-electron chi connectivity index (χ2n) is 4.61. The van der Waals surface area contributed by atoms with Gasteiger partial charge in [-0.2, -0.15) is 11.3 Å². The maximum absolute atomic E-state index is 10.9. The van der Waals surface area contributed by atoms with Gasteiger partial charge in [-0.05, 0) is 52.6 Å². The molecule has 0 unspecified atom stereocenters. The minimum atomic E-state index is -0.785. The van der Waals surface area contributed by atoms with Crippen LogP contribution in [0, 0.1) is 0 Å². The number of benzene rings is 1. The summed E-state index contributed by atoms with van der Waals surface area (Å²) in [5.74, 6) is -0.785. The molecule has 5 heteroatoms. The minimum absolute atomic E-state index is 0.117. The molecule has 0 atom stereocenters. The molecule has 3 aromatic rings. The number of rotatable bonds is 5. The molecule has 2 heterocycles. The van der Waals surface area contributed by atoms with E-state index in [9.17, 15) is 4.79 Å². The highest BCUT2D eigenvalue weighted by molar-refractivity contribution is 7.19. The van der Waals surface area contributed by atoms with Crippen LogP contribution in [0.1, 0.15) is 23.4 Å². The topological polar surface area (TPSA) is 50.2 Å². The maximum atomic E-state index is 10.9. The summed E-state index contributed by atoms with van der Waals surface area (Å²) in [5.41, 5.74) is 3.04. The van der Waals surface area contributed by atoms with Gasteiger partial charge >= 0.3 is 5.97 Å². The van der Waals surface area contributed by atoms with E-state index in [0.717, 1.165) is 26.4 Å². The van der Waals surface area contributed by atoms with Gasteiger partial charge in [-0.3, -0.25) is 4.79 Å². The number of carboxylic acid groups (broad SMARTS) is 1. The van der Waals surface area contributed by atoms with Crippen LogP contribution in [0.4, 0.5) is 0 Å². The summed E-state index contributed by atoms with van der Waals surface area (Å²) < 4.78 is 1.12. The second kappa shape index (κ2) is 6.20. The Hall–Kier alpha value is -1.98. The number of nitrogens with zero attached hydrogens (tertiary/aromatic N) is 1. The highest BCUT2D eigenvalue weighted by atomic mass is 32.1. The first-order valence-electron chi connectivity index (χ1n) is 6.53. The normalized spacial score (nSPS) is 11.9. The number of thiazole rings is 1. The van der Waals surface area contributed by atoms with E-state index in [1.54, 1.807) is 22.7 Å². The predicted molar refractivity (Wildman–Crippen MR) is 88.7 cm³/mol. The zero-order valence-corrected chi connectivity index (χ0v) is 12.8. The zero-order chi connectivity index (χ0) is 14.7. The van der Waals surface area contributed by atoms with Crippen LogP contribution >= 0.6 is 22.7 Å². The molecule has 106 valence electrons. The van der Waals surface area contributed by atoms with Crippen LogP contribution in [0.15, 0.2) is 41.1 Å². The first-order chi connectivity index (χ1) is 10.2. The van der Waals surface area contributed by atoms with Gasteiger partial charge in [-0.1, -0.05) is 12.1 Å². The Labute approximate surface area is 130 Å². The van der Waals surface area contributed by atoms with E-state index in [1.165, 1.54) is 0 Å². The molecule has 0 amide bonds. The summed E-state index contributed by atoms with van der Waals surface area (Å²) in [5, 5.41) is 13.9. The number of allylic oxidation sites excluding steroid dienone is 1. The van der Waals surface area contributed by atoms with Crippen LogP contribution in [-0.4, -0.2) is 16.1 Å². The lowest BCUT2D eigenvalue weighted by Crippen LogP contribution is -1.95. The van der Waals surface area contributed by atoms with Crippen LogP contribution < -0.4 is 0 Å². The van der Waals surface area contributed by atoms with Gasteiger partial charge in [0.2, 0.25) is 0 Å². The van der Waals surface area contributed by atoms with Gasteiger partial charge in [-0.15, -0.1) is 11.3 Å². The second-order valence-corrected chi connectivity index (χ2v) is 6.42. The minimum Gasteiger partial charge on any atom is -0.481 e. The van der Waals surface area contributed by atoms with Crippen LogP contribution in [0.3, 0.4) is 0 Å². The summed E-state index contributed by atoms with van der Waals surface area (Å²) in [6.45, 7) is 0. The number of para-hydroxylation sites is 1. The van der Waals surface area contributed by atoms with E-state index in [1.807, 2.05) is 47.2 Å². The van der Waals surface area contributed by atoms with Gasteiger partial charge in [-0.25, -0.2) is 4.98 Å². The van der Waals surface area contributed by atoms with Crippen LogP contribution in [0.2, 0.25) is 0 Å². The Morgan fingerprint density at radius 1 is 1.24 bits per heavy atom. The number of fused-ring (bicyclic) bond motifs is 1. The van der Waals surface area contributed by atoms with Crippen molar-refractivity contribution < 1.29 is 9.90 Å². The van der Waals surface area contributed by atoms with Crippen molar-refractivity contribution in [2.75, 3.05) is 0 Å². The summed E-state index contributed by atoms with van der Waals surface area (Å²) in [6.07, 6.45) is 2.65. The third kappa shape index (κ3) is 3.37. The molecule has 2 aromatic heterocycles. The lowest BCUT2D eigenvalue weighted by molar-refractivity contribution is -0.136. The summed E-state index contributed by atoms with van der Waals surface area (Å²) >= 11 is 3.24. The van der Waals surface area contributed by atoms with Crippen LogP contribution in [0.25, 0.3) is 21.9 Å². The van der Waals surface area contributed by atoms with Crippen molar-refractivity contribution in [1.29, 1.82) is 0 Å². The number of carboxylic acids is 1. The summed E-state index contributed by atoms with van der Waals surface area (Å²) in [4.78, 5) is 15.5. The summed E-state index contributed by atoms with van der Waals surface area (Å²) in [7, 11) is 0. The Balaban J connectivity index is 1.99. The Morgan fingerprint density at radius 3 is 2.81 bits per heavy atom. The average molecular weight is 315 g/mol. The fourth-order valence-corrected chi connectivity index (χ4v) is 3.68. The molecule has 0 saturated carbocycles. The predicted octanol–water partition coefficient (Wildman–Crippen LogP) is 4.76. The largest absolute Gasteiger partial charge is 0.481 e. The van der Waals surface area contributed by atoms with Gasteiger partial charge in [0.25, 0.3) is 0 Å². The molecule has 0 bridgehead atoms. The molecular weight excluding hydrogens is 302 g/mol. The molecule has 0 aliphatic carbocycles. The lowest BCUT2D eigenvalue weighted by atomic mass is 10.1. The summed E-state index contributed by atoms with van der Waals surface area (Å²) in [6, 6.07) is 10.00. The smallest absolute Gasteiger partial charge is 0.303 e. The number of aliphatic carboxylic acids is 1. The van der Waals surface area contributed by atoms with E-state index in [0.29, 0.717) is 6.42 Å². The Morgan fingerprint density at radius 2 is 2.10 bits per heavy atom. The van der Waals surface area contributed by atoms with E-state index in [2.05, 4.69) is 4.98 Å². The fourth-order valence-electron chi connectivity index (χ4n) is 2.05. The molecular formula is C16H13NO2S2. The fraction of sp³-hybridized carbons (Fsp3) is 0.125. The first-order valence-corrected chi connectivity index (χ1v) is 8.29. The number of hydrogen-bond donors (Lipinski definition) is 1. The third-order valence-corrected chi connectivity index (χ3v) is 4.87. The molecule has 0 radical (unpaired) electrons. The van der Waals surface area contributed by atoms with Gasteiger partial charge in [0.1, 0.15) is 5.01 Å². The van der Waals surface area contributed by atoms with Crippen LogP contribution in [-0.2, 0) is 4.79 Å². The molecule has 21 heavy (non-hydrogen) atoms. The Kier molecular flexibility index (Phi) is 4.13. The van der Waals surface area contributed by atoms with Gasteiger partial charge < -0.3 is 5.11 Å². The highest BCUT2D eigenvalue weighted by Crippen LogP contribution is 2.31. The van der Waals surface area contributed by atoms with Crippen molar-refractivity contribution in [3.05, 3.63) is 51.7 Å². The van der Waals surface area contributed by atoms with E-state index in [4.69, 9.17) is 5.11 Å². The standard InChI is InChI=1S/C16H13NO2S2/c18-15(19)6-5-12(9-11-7-8-20-10-11)16-17-13-3-1-2-4-14(13)21-16/h1-4,7-10H,5-6H2,(H,18,19)/b12-9+. The van der Waals surface area contributed by atoms with Gasteiger partial charge in [0.05, 0.1) is 10.2 Å². The number of carbonyl (C=O) groups is 1. The third-order valence-electron chi connectivity index (χ3n) is 3.06. The van der Waals surface area contributed by atoms with Crippen molar-refractivity contribution in [3.63, 3.8) is 0 Å². The quantitative estimate of drug-likeness (QED) is 0.738. The van der Waals surface area contributed by atoms with E-state index in [-0.39, 0.29) is 6.42 Å². The van der Waals surface area contributed by atoms with Crippen molar-refractivity contribution in [2.45, 2.75) is 12.8 Å². The zero-order valence-electron chi connectivity index (χ0n) is 11.2. The van der Waals surface area contributed by atoms with Gasteiger partial charge in [0, 0.05) is 6.42 Å². The average Bonchev–Trinajstić information content (AvgIpc) is 3.11. The van der Waals surface area contributed by atoms with Crippen molar-refractivity contribution in [1.82, 2.24) is 4.98 Å². The molecule has 0 aliphatic rings. The van der Waals surface area contributed by atoms with Crippen molar-refractivity contribution in [3.8, 4) is 0 Å². The lowest BCUT2D eigenvalue weighted by Gasteiger charge is -2.01. The number of aromatic nitrogens is 1. The van der Waals surface area contributed by atoms with E-state index < -0.39 is 5.97 Å². The SMILES string of the molecule is O=C(O)CC/C(=C\c1ccsc1)c1nc2ccccc2s1. The molecule has 0 saturated heterocycles. The van der Waals surface area contributed by atoms with Crippen molar-refractivity contribution in [2.24, 2.45) is 0 Å². The Bertz CT molecular complexity index is 755. The molecule has 1 N–H and O–H groups in total. The highest BCUT2D eigenvalue weighted by Gasteiger charge is 2.11. The van der Waals surface area contributed by atoms with Crippen molar-refractivity contribution >= 4 is 50.5 Å². The monoisotopic (exact) mass is 315 g/mol. The van der Waals surface area contributed by atoms with E-state index >= 15 is 0 Å². The number of hydrogen-bond acceptors (Lipinski definition) is 4. The molecule has 0 fully saturated rings. The molecule has 0 spiro atoms. The molecule has 3 nitrogen and oxygen atoms in total. The van der Waals surface area contributed by atoms with Crippen LogP contribution in [0.5, 0.6) is 0 Å².